The predicted octanol–water partition coefficient (Wildman–Crippen LogP) is 2.83. The van der Waals surface area contributed by atoms with E-state index in [-0.39, 0.29) is 11.5 Å². The molecule has 1 aromatic rings. The van der Waals surface area contributed by atoms with Gasteiger partial charge in [-0.15, -0.1) is 0 Å². The van der Waals surface area contributed by atoms with Gasteiger partial charge in [0.1, 0.15) is 5.75 Å². The summed E-state index contributed by atoms with van der Waals surface area (Å²) in [4.78, 5) is 6.96. The molecule has 1 atom stereocenters. The first kappa shape index (κ1) is 15.8. The van der Waals surface area contributed by atoms with Gasteiger partial charge < -0.3 is 9.84 Å². The highest BCUT2D eigenvalue weighted by Gasteiger charge is 2.23. The lowest BCUT2D eigenvalue weighted by atomic mass is 10.1. The third kappa shape index (κ3) is 3.35. The van der Waals surface area contributed by atoms with E-state index in [2.05, 4.69) is 16.8 Å². The Labute approximate surface area is 125 Å². The van der Waals surface area contributed by atoms with Crippen molar-refractivity contribution >= 4 is 5.71 Å². The summed E-state index contributed by atoms with van der Waals surface area (Å²) in [5, 5.41) is 9.97. The van der Waals surface area contributed by atoms with Crippen LogP contribution in [0.5, 0.6) is 11.5 Å². The first-order valence-electron chi connectivity index (χ1n) is 7.39. The van der Waals surface area contributed by atoms with Gasteiger partial charge >= 0.3 is 0 Å². The van der Waals surface area contributed by atoms with Crippen LogP contribution in [0, 0.1) is 5.82 Å². The molecule has 1 N–H and O–H groups in total. The Morgan fingerprint density at radius 1 is 1.52 bits per heavy atom. The van der Waals surface area contributed by atoms with Crippen molar-refractivity contribution < 1.29 is 14.2 Å². The zero-order valence-electron chi connectivity index (χ0n) is 12.9. The molecule has 0 aromatic heterocycles. The van der Waals surface area contributed by atoms with Gasteiger partial charge in [-0.2, -0.15) is 0 Å². The van der Waals surface area contributed by atoms with Crippen LogP contribution >= 0.6 is 0 Å². The Balaban J connectivity index is 2.21. The molecule has 1 heterocycles. The lowest BCUT2D eigenvalue weighted by Gasteiger charge is -2.21. The maximum atomic E-state index is 13.7. The predicted molar refractivity (Wildman–Crippen MR) is 82.0 cm³/mol. The van der Waals surface area contributed by atoms with E-state index >= 15 is 0 Å². The van der Waals surface area contributed by atoms with Crippen LogP contribution in [-0.4, -0.2) is 48.5 Å². The maximum Gasteiger partial charge on any atom is 0.167 e. The van der Waals surface area contributed by atoms with Gasteiger partial charge in [0.05, 0.1) is 19.2 Å². The quantitative estimate of drug-likeness (QED) is 0.849. The number of benzene rings is 1. The number of aliphatic imine (C=N–C) groups is 1. The molecule has 0 saturated carbocycles. The summed E-state index contributed by atoms with van der Waals surface area (Å²) in [6.45, 7) is 6.73. The summed E-state index contributed by atoms with van der Waals surface area (Å²) in [5.41, 5.74) is 0.949. The van der Waals surface area contributed by atoms with Crippen LogP contribution in [0.3, 0.4) is 0 Å². The van der Waals surface area contributed by atoms with Crippen LogP contribution in [0.2, 0.25) is 0 Å². The van der Waals surface area contributed by atoms with E-state index < -0.39 is 5.82 Å². The highest BCUT2D eigenvalue weighted by Crippen LogP contribution is 2.31. The van der Waals surface area contributed by atoms with Gasteiger partial charge in [0, 0.05) is 11.8 Å². The Hall–Kier alpha value is -1.62. The number of rotatable bonds is 5. The number of methoxy groups -OCH3 is 1. The van der Waals surface area contributed by atoms with E-state index in [9.17, 15) is 9.50 Å². The molecule has 1 fully saturated rings. The number of phenolic OH excluding ortho intramolecular Hbond substituents is 1. The van der Waals surface area contributed by atoms with Gasteiger partial charge in [-0.1, -0.05) is 6.92 Å². The molecular formula is C16H23FN2O2. The van der Waals surface area contributed by atoms with E-state index in [0.29, 0.717) is 23.9 Å². The molecule has 0 bridgehead atoms. The Kier molecular flexibility index (Phi) is 5.17. The monoisotopic (exact) mass is 294 g/mol. The Morgan fingerprint density at radius 3 is 2.95 bits per heavy atom. The molecule has 1 unspecified atom stereocenters. The van der Waals surface area contributed by atoms with Gasteiger partial charge in [-0.25, -0.2) is 4.39 Å². The normalized spacial score (nSPS) is 20.0. The molecule has 4 nitrogen and oxygen atoms in total. The van der Waals surface area contributed by atoms with Crippen molar-refractivity contribution in [2.75, 3.05) is 26.7 Å². The summed E-state index contributed by atoms with van der Waals surface area (Å²) in [6.07, 6.45) is 2.33. The van der Waals surface area contributed by atoms with Crippen molar-refractivity contribution in [1.29, 1.82) is 0 Å². The largest absolute Gasteiger partial charge is 0.507 e. The molecule has 0 radical (unpaired) electrons. The molecule has 1 saturated heterocycles. The van der Waals surface area contributed by atoms with Crippen LogP contribution in [0.4, 0.5) is 4.39 Å². The molecule has 1 aromatic carbocycles. The fourth-order valence-corrected chi connectivity index (χ4v) is 2.94. The molecule has 116 valence electrons. The van der Waals surface area contributed by atoms with Crippen molar-refractivity contribution in [3.8, 4) is 11.5 Å². The van der Waals surface area contributed by atoms with Crippen molar-refractivity contribution in [1.82, 2.24) is 4.90 Å². The van der Waals surface area contributed by atoms with Gasteiger partial charge in [0.2, 0.25) is 0 Å². The SMILES string of the molecule is CCN1CCCC1CN=C(C)c1c(O)ccc(F)c1OC. The minimum absolute atomic E-state index is 0.00623. The van der Waals surface area contributed by atoms with Crippen molar-refractivity contribution in [2.24, 2.45) is 4.99 Å². The molecule has 21 heavy (non-hydrogen) atoms. The standard InChI is InChI=1S/C16H23FN2O2/c1-4-19-9-5-6-12(19)10-18-11(2)15-14(20)8-7-13(17)16(15)21-3/h7-8,12,20H,4-6,9-10H2,1-3H3. The van der Waals surface area contributed by atoms with E-state index in [1.165, 1.54) is 25.7 Å². The Morgan fingerprint density at radius 2 is 2.29 bits per heavy atom. The van der Waals surface area contributed by atoms with Crippen molar-refractivity contribution in [2.45, 2.75) is 32.7 Å². The smallest absolute Gasteiger partial charge is 0.167 e. The topological polar surface area (TPSA) is 45.1 Å². The van der Waals surface area contributed by atoms with Gasteiger partial charge in [0.15, 0.2) is 11.6 Å². The van der Waals surface area contributed by atoms with Crippen LogP contribution in [0.1, 0.15) is 32.3 Å². The minimum Gasteiger partial charge on any atom is -0.507 e. The summed E-state index contributed by atoms with van der Waals surface area (Å²) >= 11 is 0. The van der Waals surface area contributed by atoms with Crippen LogP contribution < -0.4 is 4.74 Å². The average Bonchev–Trinajstić information content (AvgIpc) is 2.94. The minimum atomic E-state index is -0.490. The zero-order valence-corrected chi connectivity index (χ0v) is 12.9. The fraction of sp³-hybridized carbons (Fsp3) is 0.562. The van der Waals surface area contributed by atoms with Crippen LogP contribution in [-0.2, 0) is 0 Å². The highest BCUT2D eigenvalue weighted by atomic mass is 19.1. The molecule has 0 amide bonds. The molecule has 2 rings (SSSR count). The lowest BCUT2D eigenvalue weighted by Crippen LogP contribution is -2.31. The summed E-state index contributed by atoms with van der Waals surface area (Å²) in [5.74, 6) is -0.445. The van der Waals surface area contributed by atoms with Gasteiger partial charge in [-0.05, 0) is 45.0 Å². The number of aromatic hydroxyl groups is 1. The number of phenols is 1. The van der Waals surface area contributed by atoms with Crippen LogP contribution in [0.15, 0.2) is 17.1 Å². The first-order valence-corrected chi connectivity index (χ1v) is 7.39. The molecule has 5 heteroatoms. The van der Waals surface area contributed by atoms with Gasteiger partial charge in [-0.3, -0.25) is 9.89 Å². The summed E-state index contributed by atoms with van der Waals surface area (Å²) < 4.78 is 18.8. The first-order chi connectivity index (χ1) is 10.1. The molecule has 0 aliphatic carbocycles. The number of halogens is 1. The van der Waals surface area contributed by atoms with E-state index in [0.717, 1.165) is 19.5 Å². The number of hydrogen-bond donors (Lipinski definition) is 1. The van der Waals surface area contributed by atoms with Gasteiger partial charge in [0.25, 0.3) is 0 Å². The second-order valence-corrected chi connectivity index (χ2v) is 5.33. The lowest BCUT2D eigenvalue weighted by molar-refractivity contribution is 0.273. The van der Waals surface area contributed by atoms with E-state index in [1.807, 2.05) is 0 Å². The van der Waals surface area contributed by atoms with E-state index in [4.69, 9.17) is 4.74 Å². The molecular weight excluding hydrogens is 271 g/mol. The summed E-state index contributed by atoms with van der Waals surface area (Å²) in [6, 6.07) is 2.97. The molecule has 0 spiro atoms. The summed E-state index contributed by atoms with van der Waals surface area (Å²) in [7, 11) is 1.39. The third-order valence-electron chi connectivity index (χ3n) is 4.10. The molecule has 1 aliphatic heterocycles. The fourth-order valence-electron chi connectivity index (χ4n) is 2.94. The van der Waals surface area contributed by atoms with E-state index in [1.54, 1.807) is 6.92 Å². The highest BCUT2D eigenvalue weighted by molar-refractivity contribution is 6.03. The number of nitrogens with zero attached hydrogens (tertiary/aromatic N) is 2. The van der Waals surface area contributed by atoms with Crippen LogP contribution in [0.25, 0.3) is 0 Å². The molecule has 1 aliphatic rings. The Bertz CT molecular complexity index is 531. The maximum absolute atomic E-state index is 13.7. The van der Waals surface area contributed by atoms with Crippen molar-refractivity contribution in [3.05, 3.63) is 23.5 Å². The number of likely N-dealkylation sites (tertiary alicyclic amines) is 1. The van der Waals surface area contributed by atoms with Crippen molar-refractivity contribution in [3.63, 3.8) is 0 Å². The number of likely N-dealkylation sites (N-methyl/N-ethyl adjacent to an activating group) is 1. The third-order valence-corrected chi connectivity index (χ3v) is 4.10. The zero-order chi connectivity index (χ0) is 15.4. The second-order valence-electron chi connectivity index (χ2n) is 5.33. The number of hydrogen-bond acceptors (Lipinski definition) is 4. The average molecular weight is 294 g/mol. The number of ether oxygens (including phenoxy) is 1. The second kappa shape index (κ2) is 6.89.